The number of aromatic nitrogens is 1. The number of benzene rings is 1. The van der Waals surface area contributed by atoms with Crippen molar-refractivity contribution >= 4 is 51.4 Å². The third-order valence-electron chi connectivity index (χ3n) is 4.30. The van der Waals surface area contributed by atoms with Gasteiger partial charge in [-0.15, -0.1) is 22.7 Å². The number of carbonyl (C=O) groups is 2. The van der Waals surface area contributed by atoms with E-state index in [0.29, 0.717) is 10.8 Å². The summed E-state index contributed by atoms with van der Waals surface area (Å²) in [7, 11) is 0. The molecule has 29 heavy (non-hydrogen) atoms. The predicted molar refractivity (Wildman–Crippen MR) is 119 cm³/mol. The van der Waals surface area contributed by atoms with Gasteiger partial charge in [0.05, 0.1) is 11.4 Å². The molecule has 0 fully saturated rings. The first-order valence-electron chi connectivity index (χ1n) is 9.07. The zero-order chi connectivity index (χ0) is 21.0. The summed E-state index contributed by atoms with van der Waals surface area (Å²) in [5.74, 6) is -0.552. The number of hydrogen-bond acceptors (Lipinski definition) is 6. The van der Waals surface area contributed by atoms with Crippen LogP contribution in [0.4, 0.5) is 10.8 Å². The van der Waals surface area contributed by atoms with Crippen molar-refractivity contribution in [3.05, 3.63) is 68.4 Å². The maximum absolute atomic E-state index is 12.2. The summed E-state index contributed by atoms with van der Waals surface area (Å²) < 4.78 is 5.27. The Morgan fingerprint density at radius 2 is 1.93 bits per heavy atom. The molecule has 0 aliphatic rings. The molecule has 2 heterocycles. The van der Waals surface area contributed by atoms with Crippen molar-refractivity contribution in [1.29, 1.82) is 0 Å². The van der Waals surface area contributed by atoms with E-state index in [0.717, 1.165) is 21.7 Å². The minimum atomic E-state index is -0.428. The highest BCUT2D eigenvalue weighted by molar-refractivity contribution is 7.14. The van der Waals surface area contributed by atoms with Crippen molar-refractivity contribution in [2.75, 3.05) is 4.90 Å². The highest BCUT2D eigenvalue weighted by Crippen LogP contribution is 2.30. The maximum atomic E-state index is 12.2. The maximum Gasteiger partial charge on any atom is 0.331 e. The van der Waals surface area contributed by atoms with Crippen LogP contribution in [0.3, 0.4) is 0 Å². The van der Waals surface area contributed by atoms with Gasteiger partial charge in [0.2, 0.25) is 5.91 Å². The van der Waals surface area contributed by atoms with E-state index in [-0.39, 0.29) is 12.5 Å². The molecule has 2 aromatic heterocycles. The summed E-state index contributed by atoms with van der Waals surface area (Å²) in [6.07, 6.45) is 3.15. The second-order valence-electron chi connectivity index (χ2n) is 6.63. The lowest BCUT2D eigenvalue weighted by molar-refractivity contribution is -0.139. The van der Waals surface area contributed by atoms with Gasteiger partial charge in [-0.2, -0.15) is 0 Å². The molecule has 0 spiro atoms. The minimum Gasteiger partial charge on any atom is -0.456 e. The number of ether oxygens (including phenoxy) is 1. The number of rotatable bonds is 6. The molecule has 1 aromatic carbocycles. The van der Waals surface area contributed by atoms with Gasteiger partial charge in [-0.25, -0.2) is 9.78 Å². The van der Waals surface area contributed by atoms with Crippen LogP contribution in [0.5, 0.6) is 0 Å². The zero-order valence-corrected chi connectivity index (χ0v) is 18.4. The van der Waals surface area contributed by atoms with Crippen molar-refractivity contribution in [1.82, 2.24) is 4.98 Å². The lowest BCUT2D eigenvalue weighted by atomic mass is 10.1. The van der Waals surface area contributed by atoms with Gasteiger partial charge in [-0.05, 0) is 62.2 Å². The molecule has 150 valence electrons. The molecule has 0 N–H and O–H groups in total. The normalized spacial score (nSPS) is 11.0. The Labute approximate surface area is 178 Å². The Morgan fingerprint density at radius 1 is 1.14 bits per heavy atom. The van der Waals surface area contributed by atoms with Crippen molar-refractivity contribution < 1.29 is 14.3 Å². The third-order valence-corrected chi connectivity index (χ3v) is 6.14. The number of aryl methyl sites for hydroxylation is 3. The SMILES string of the molecule is CC(=O)N(c1ccc(C)c(C)c1)c1nc(COC(=O)/C=C\c2ccc(C)s2)cs1. The van der Waals surface area contributed by atoms with Crippen molar-refractivity contribution in [3.8, 4) is 0 Å². The smallest absolute Gasteiger partial charge is 0.331 e. The van der Waals surface area contributed by atoms with E-state index >= 15 is 0 Å². The fourth-order valence-electron chi connectivity index (χ4n) is 2.64. The van der Waals surface area contributed by atoms with E-state index in [1.54, 1.807) is 27.7 Å². The zero-order valence-electron chi connectivity index (χ0n) is 16.8. The molecule has 0 saturated heterocycles. The molecule has 5 nitrogen and oxygen atoms in total. The van der Waals surface area contributed by atoms with Gasteiger partial charge >= 0.3 is 5.97 Å². The van der Waals surface area contributed by atoms with Crippen molar-refractivity contribution in [2.24, 2.45) is 0 Å². The average molecular weight is 427 g/mol. The van der Waals surface area contributed by atoms with E-state index < -0.39 is 5.97 Å². The van der Waals surface area contributed by atoms with Gasteiger partial charge in [-0.1, -0.05) is 6.07 Å². The number of hydrogen-bond donors (Lipinski definition) is 0. The van der Waals surface area contributed by atoms with Gasteiger partial charge in [0.1, 0.15) is 6.61 Å². The molecular formula is C22H22N2O3S2. The molecule has 0 bridgehead atoms. The standard InChI is InChI=1S/C22H22N2O3S2/c1-14-5-7-19(11-15(14)2)24(17(4)25)22-23-18(13-28-22)12-27-21(26)10-9-20-8-6-16(3)29-20/h5-11,13H,12H2,1-4H3/b10-9-. The molecule has 1 amide bonds. The molecule has 3 aromatic rings. The first-order chi connectivity index (χ1) is 13.8. The van der Waals surface area contributed by atoms with Gasteiger partial charge in [0.25, 0.3) is 0 Å². The monoisotopic (exact) mass is 426 g/mol. The molecule has 0 radical (unpaired) electrons. The number of nitrogens with zero attached hydrogens (tertiary/aromatic N) is 2. The Hall–Kier alpha value is -2.77. The van der Waals surface area contributed by atoms with Gasteiger partial charge in [0, 0.05) is 28.1 Å². The fraction of sp³-hybridized carbons (Fsp3) is 0.227. The first-order valence-corrected chi connectivity index (χ1v) is 10.8. The molecule has 0 aliphatic heterocycles. The highest BCUT2D eigenvalue weighted by atomic mass is 32.1. The molecule has 7 heteroatoms. The van der Waals surface area contributed by atoms with Gasteiger partial charge in [-0.3, -0.25) is 9.69 Å². The molecule has 0 saturated carbocycles. The Bertz CT molecular complexity index is 1070. The van der Waals surface area contributed by atoms with Crippen molar-refractivity contribution in [3.63, 3.8) is 0 Å². The highest BCUT2D eigenvalue weighted by Gasteiger charge is 2.18. The van der Waals surface area contributed by atoms with Crippen LogP contribution in [0.25, 0.3) is 6.08 Å². The number of thiazole rings is 1. The summed E-state index contributed by atoms with van der Waals surface area (Å²) >= 11 is 2.95. The number of amides is 1. The van der Waals surface area contributed by atoms with E-state index in [1.165, 1.54) is 29.2 Å². The van der Waals surface area contributed by atoms with Crippen LogP contribution in [-0.4, -0.2) is 16.9 Å². The number of esters is 1. The first kappa shape index (κ1) is 21.0. The Kier molecular flexibility index (Phi) is 6.61. The number of anilines is 2. The Balaban J connectivity index is 1.66. The summed E-state index contributed by atoms with van der Waals surface area (Å²) in [4.78, 5) is 32.4. The fourth-order valence-corrected chi connectivity index (χ4v) is 4.29. The largest absolute Gasteiger partial charge is 0.456 e. The number of carbonyl (C=O) groups excluding carboxylic acids is 2. The lowest BCUT2D eigenvalue weighted by Gasteiger charge is -2.19. The Morgan fingerprint density at radius 3 is 2.59 bits per heavy atom. The summed E-state index contributed by atoms with van der Waals surface area (Å²) in [5, 5.41) is 2.35. The van der Waals surface area contributed by atoms with Gasteiger partial charge < -0.3 is 4.74 Å². The quantitative estimate of drug-likeness (QED) is 0.382. The van der Waals surface area contributed by atoms with Crippen LogP contribution < -0.4 is 4.90 Å². The summed E-state index contributed by atoms with van der Waals surface area (Å²) in [6, 6.07) is 9.82. The van der Waals surface area contributed by atoms with Crippen molar-refractivity contribution in [2.45, 2.75) is 34.3 Å². The van der Waals surface area contributed by atoms with Crippen LogP contribution in [0, 0.1) is 20.8 Å². The van der Waals surface area contributed by atoms with Crippen LogP contribution in [0.1, 0.15) is 33.5 Å². The third kappa shape index (κ3) is 5.40. The van der Waals surface area contributed by atoms with Gasteiger partial charge in [0.15, 0.2) is 5.13 Å². The van der Waals surface area contributed by atoms with E-state index in [4.69, 9.17) is 4.74 Å². The predicted octanol–water partition coefficient (Wildman–Crippen LogP) is 5.57. The average Bonchev–Trinajstić information content (AvgIpc) is 3.30. The molecule has 0 atom stereocenters. The minimum absolute atomic E-state index is 0.0574. The second-order valence-corrected chi connectivity index (χ2v) is 8.79. The topological polar surface area (TPSA) is 59.5 Å². The molecule has 0 aliphatic carbocycles. The van der Waals surface area contributed by atoms with Crippen LogP contribution >= 0.6 is 22.7 Å². The van der Waals surface area contributed by atoms with E-state index in [2.05, 4.69) is 4.98 Å². The second kappa shape index (κ2) is 9.15. The lowest BCUT2D eigenvalue weighted by Crippen LogP contribution is -2.22. The van der Waals surface area contributed by atoms with E-state index in [9.17, 15) is 9.59 Å². The van der Waals surface area contributed by atoms with E-state index in [1.807, 2.05) is 51.1 Å². The number of thiophene rings is 1. The summed E-state index contributed by atoms with van der Waals surface area (Å²) in [5.41, 5.74) is 3.64. The molecule has 0 unspecified atom stereocenters. The molecular weight excluding hydrogens is 404 g/mol. The van der Waals surface area contributed by atoms with Crippen LogP contribution in [0.15, 0.2) is 41.8 Å². The van der Waals surface area contributed by atoms with Crippen LogP contribution in [-0.2, 0) is 20.9 Å². The summed E-state index contributed by atoms with van der Waals surface area (Å²) in [6.45, 7) is 7.62. The van der Waals surface area contributed by atoms with Crippen LogP contribution in [0.2, 0.25) is 0 Å². The molecule has 3 rings (SSSR count).